The SMILES string of the molecule is CN1CCC(c2cnc3c(C(=O)Cc4cnccc4N4C[C@@H](CC(=O)OC(C)(C)C)C[C@@H](C(F)(F)F)C4)c(NC(=O)OC(C)(C)C)oc3c2)CC1. The van der Waals surface area contributed by atoms with Gasteiger partial charge < -0.3 is 23.7 Å². The third kappa shape index (κ3) is 9.99. The summed E-state index contributed by atoms with van der Waals surface area (Å²) in [5, 5.41) is 2.58. The molecule has 2 fully saturated rings. The van der Waals surface area contributed by atoms with Crippen molar-refractivity contribution in [1.29, 1.82) is 0 Å². The van der Waals surface area contributed by atoms with Crippen LogP contribution in [0.1, 0.15) is 94.6 Å². The van der Waals surface area contributed by atoms with E-state index < -0.39 is 47.1 Å². The van der Waals surface area contributed by atoms with E-state index in [-0.39, 0.29) is 55.2 Å². The molecule has 0 saturated carbocycles. The number of Topliss-reactive ketones (excluding diaryl/α,β-unsaturated/α-hetero) is 1. The maximum atomic E-state index is 14.2. The topological polar surface area (TPSA) is 127 Å². The van der Waals surface area contributed by atoms with Gasteiger partial charge in [0.15, 0.2) is 11.4 Å². The molecule has 0 unspecified atom stereocenters. The van der Waals surface area contributed by atoms with E-state index in [0.717, 1.165) is 31.5 Å². The predicted molar refractivity (Wildman–Crippen MR) is 186 cm³/mol. The molecule has 0 aliphatic carbocycles. The quantitative estimate of drug-likeness (QED) is 0.185. The van der Waals surface area contributed by atoms with Crippen molar-refractivity contribution in [2.45, 2.75) is 96.9 Å². The summed E-state index contributed by atoms with van der Waals surface area (Å²) in [6.07, 6.45) is 0.521. The van der Waals surface area contributed by atoms with Gasteiger partial charge in [0.25, 0.3) is 0 Å². The number of pyridine rings is 2. The highest BCUT2D eigenvalue weighted by Crippen LogP contribution is 2.40. The molecular formula is C37H48F3N5O6. The van der Waals surface area contributed by atoms with Crippen LogP contribution >= 0.6 is 0 Å². The van der Waals surface area contributed by atoms with Crippen LogP contribution in [0.2, 0.25) is 0 Å². The molecule has 2 aliphatic heterocycles. The number of rotatable bonds is 8. The van der Waals surface area contributed by atoms with Crippen molar-refractivity contribution in [2.24, 2.45) is 11.8 Å². The summed E-state index contributed by atoms with van der Waals surface area (Å²) in [6, 6.07) is 3.42. The number of carbonyl (C=O) groups excluding carboxylic acids is 3. The van der Waals surface area contributed by atoms with E-state index in [1.165, 1.54) is 12.4 Å². The Morgan fingerprint density at radius 3 is 2.33 bits per heavy atom. The molecule has 51 heavy (non-hydrogen) atoms. The van der Waals surface area contributed by atoms with Crippen molar-refractivity contribution in [3.63, 3.8) is 0 Å². The van der Waals surface area contributed by atoms with Crippen LogP contribution in [0.4, 0.5) is 29.5 Å². The highest BCUT2D eigenvalue weighted by atomic mass is 19.4. The second-order valence-corrected chi connectivity index (χ2v) is 15.8. The molecule has 14 heteroatoms. The summed E-state index contributed by atoms with van der Waals surface area (Å²) in [6.45, 7) is 11.9. The molecule has 3 aromatic heterocycles. The van der Waals surface area contributed by atoms with Gasteiger partial charge in [-0.3, -0.25) is 24.9 Å². The Morgan fingerprint density at radius 1 is 1.00 bits per heavy atom. The molecule has 0 aromatic carbocycles. The Hall–Kier alpha value is -4.20. The minimum absolute atomic E-state index is 0.0233. The summed E-state index contributed by atoms with van der Waals surface area (Å²) >= 11 is 0. The molecule has 1 N–H and O–H groups in total. The number of esters is 1. The van der Waals surface area contributed by atoms with Gasteiger partial charge in [-0.1, -0.05) is 0 Å². The molecule has 2 atom stereocenters. The number of fused-ring (bicyclic) bond motifs is 1. The van der Waals surface area contributed by atoms with Crippen molar-refractivity contribution in [2.75, 3.05) is 43.4 Å². The number of nitrogens with zero attached hydrogens (tertiary/aromatic N) is 4. The lowest BCUT2D eigenvalue weighted by Crippen LogP contribution is -2.47. The normalized spacial score (nSPS) is 19.6. The number of carbonyl (C=O) groups is 3. The fraction of sp³-hybridized carbons (Fsp3) is 0.595. The first kappa shape index (κ1) is 38.0. The summed E-state index contributed by atoms with van der Waals surface area (Å²) in [4.78, 5) is 52.4. The van der Waals surface area contributed by atoms with Crippen LogP contribution in [-0.4, -0.2) is 83.3 Å². The minimum atomic E-state index is -4.50. The summed E-state index contributed by atoms with van der Waals surface area (Å²) in [7, 11) is 2.08. The van der Waals surface area contributed by atoms with Crippen LogP contribution in [0.5, 0.6) is 0 Å². The van der Waals surface area contributed by atoms with E-state index in [2.05, 4.69) is 27.2 Å². The standard InChI is InChI=1S/C37H48F3N5O6/c1-35(2,3)50-30(47)15-22-14-26(37(38,39)40)21-45(20-22)27-8-11-41-18-25(27)16-28(46)31-32-29(49-33(31)43-34(48)51-36(4,5)6)17-24(19-42-32)23-9-12-44(7)13-10-23/h8,11,17-19,22-23,26H,9-10,12-16,20-21H2,1-7H3,(H,43,48)/t22-,26-/m1/s1. The van der Waals surface area contributed by atoms with Gasteiger partial charge in [-0.05, 0) is 110 Å². The number of ether oxygens (including phenoxy) is 2. The van der Waals surface area contributed by atoms with E-state index in [0.29, 0.717) is 16.8 Å². The molecule has 11 nitrogen and oxygen atoms in total. The zero-order valence-electron chi connectivity index (χ0n) is 30.4. The first-order valence-electron chi connectivity index (χ1n) is 17.4. The van der Waals surface area contributed by atoms with Gasteiger partial charge in [-0.25, -0.2) is 4.79 Å². The maximum absolute atomic E-state index is 14.2. The molecule has 278 valence electrons. The Labute approximate surface area is 296 Å². The third-order valence-electron chi connectivity index (χ3n) is 9.08. The van der Waals surface area contributed by atoms with E-state index in [1.54, 1.807) is 58.7 Å². The van der Waals surface area contributed by atoms with Crippen molar-refractivity contribution < 1.29 is 41.4 Å². The average Bonchev–Trinajstić information content (AvgIpc) is 3.36. The smallest absolute Gasteiger partial charge is 0.414 e. The van der Waals surface area contributed by atoms with Crippen molar-refractivity contribution >= 4 is 40.5 Å². The summed E-state index contributed by atoms with van der Waals surface area (Å²) in [5.41, 5.74) is 0.735. The van der Waals surface area contributed by atoms with Crippen molar-refractivity contribution in [3.8, 4) is 0 Å². The number of likely N-dealkylation sites (tertiary alicyclic amines) is 1. The van der Waals surface area contributed by atoms with E-state index in [9.17, 15) is 27.6 Å². The lowest BCUT2D eigenvalue weighted by atomic mass is 9.86. The number of aromatic nitrogens is 2. The number of piperidine rings is 2. The Bertz CT molecular complexity index is 1740. The average molecular weight is 716 g/mol. The fourth-order valence-electron chi connectivity index (χ4n) is 6.83. The molecule has 5 rings (SSSR count). The van der Waals surface area contributed by atoms with Gasteiger partial charge in [0.05, 0.1) is 12.3 Å². The minimum Gasteiger partial charge on any atom is -0.460 e. The van der Waals surface area contributed by atoms with Crippen LogP contribution in [-0.2, 0) is 20.7 Å². The first-order valence-corrected chi connectivity index (χ1v) is 17.4. The molecule has 5 heterocycles. The Kier molecular flexibility index (Phi) is 11.0. The molecule has 2 saturated heterocycles. The number of hydrogen-bond donors (Lipinski definition) is 1. The van der Waals surface area contributed by atoms with Crippen molar-refractivity contribution in [3.05, 3.63) is 47.4 Å². The van der Waals surface area contributed by atoms with Crippen molar-refractivity contribution in [1.82, 2.24) is 14.9 Å². The molecule has 3 aromatic rings. The number of amides is 1. The lowest BCUT2D eigenvalue weighted by molar-refractivity contribution is -0.181. The molecule has 0 bridgehead atoms. The first-order chi connectivity index (χ1) is 23.8. The molecular weight excluding hydrogens is 667 g/mol. The number of halogens is 3. The number of alkyl halides is 3. The Morgan fingerprint density at radius 2 is 1.69 bits per heavy atom. The fourth-order valence-corrected chi connectivity index (χ4v) is 6.83. The van der Waals surface area contributed by atoms with Crippen LogP contribution in [0.3, 0.4) is 0 Å². The van der Waals surface area contributed by atoms with Gasteiger partial charge in [-0.15, -0.1) is 0 Å². The summed E-state index contributed by atoms with van der Waals surface area (Å²) < 4.78 is 59.5. The van der Waals surface area contributed by atoms with Crippen LogP contribution in [0, 0.1) is 11.8 Å². The van der Waals surface area contributed by atoms with Gasteiger partial charge in [0.1, 0.15) is 22.3 Å². The largest absolute Gasteiger partial charge is 0.460 e. The molecule has 0 spiro atoms. The molecule has 1 amide bonds. The zero-order chi connectivity index (χ0) is 37.3. The van der Waals surface area contributed by atoms with Crippen LogP contribution < -0.4 is 10.2 Å². The second kappa shape index (κ2) is 14.8. The zero-order valence-corrected chi connectivity index (χ0v) is 30.4. The number of hydrogen-bond acceptors (Lipinski definition) is 10. The molecule has 0 radical (unpaired) electrons. The van der Waals surface area contributed by atoms with Gasteiger partial charge in [0.2, 0.25) is 5.88 Å². The predicted octanol–water partition coefficient (Wildman–Crippen LogP) is 7.54. The maximum Gasteiger partial charge on any atom is 0.414 e. The highest BCUT2D eigenvalue weighted by molar-refractivity contribution is 6.12. The van der Waals surface area contributed by atoms with Gasteiger partial charge in [-0.2, -0.15) is 13.2 Å². The second-order valence-electron chi connectivity index (χ2n) is 15.8. The van der Waals surface area contributed by atoms with E-state index in [1.807, 2.05) is 6.07 Å². The highest BCUT2D eigenvalue weighted by Gasteiger charge is 2.45. The van der Waals surface area contributed by atoms with Crippen LogP contribution in [0.15, 0.2) is 35.1 Å². The number of ketones is 1. The number of furan rings is 1. The monoisotopic (exact) mass is 715 g/mol. The third-order valence-corrected chi connectivity index (χ3v) is 9.08. The Balaban J connectivity index is 1.46. The molecule has 2 aliphatic rings. The van der Waals surface area contributed by atoms with E-state index in [4.69, 9.17) is 13.9 Å². The number of nitrogens with one attached hydrogen (secondary N) is 1. The lowest BCUT2D eigenvalue weighted by Gasteiger charge is -2.40. The van der Waals surface area contributed by atoms with Crippen LogP contribution in [0.25, 0.3) is 11.1 Å². The van der Waals surface area contributed by atoms with Gasteiger partial charge in [0, 0.05) is 49.4 Å². The summed E-state index contributed by atoms with van der Waals surface area (Å²) in [5.74, 6) is -3.25. The van der Waals surface area contributed by atoms with Gasteiger partial charge >= 0.3 is 18.2 Å². The number of anilines is 2. The van der Waals surface area contributed by atoms with E-state index >= 15 is 0 Å².